The zero-order valence-electron chi connectivity index (χ0n) is 10.6. The van der Waals surface area contributed by atoms with E-state index in [1.165, 1.54) is 12.8 Å². The van der Waals surface area contributed by atoms with E-state index in [-0.39, 0.29) is 0 Å². The smallest absolute Gasteiger partial charge is 0.152 e. The molecule has 17 heavy (non-hydrogen) atoms. The summed E-state index contributed by atoms with van der Waals surface area (Å²) in [6.07, 6.45) is 3.56. The zero-order valence-corrected chi connectivity index (χ0v) is 11.5. The third-order valence-corrected chi connectivity index (χ3v) is 5.84. The van der Waals surface area contributed by atoms with Crippen LogP contribution in [0.5, 0.6) is 0 Å². The van der Waals surface area contributed by atoms with Gasteiger partial charge < -0.3 is 10.6 Å². The first-order valence-corrected chi connectivity index (χ1v) is 8.47. The van der Waals surface area contributed by atoms with Crippen molar-refractivity contribution < 1.29 is 8.42 Å². The molecule has 2 N–H and O–H groups in total. The minimum atomic E-state index is -2.75. The van der Waals surface area contributed by atoms with E-state index in [0.29, 0.717) is 36.6 Å². The molecule has 4 nitrogen and oxygen atoms in total. The monoisotopic (exact) mass is 260 g/mol. The highest BCUT2D eigenvalue weighted by molar-refractivity contribution is 7.91. The van der Waals surface area contributed by atoms with Crippen LogP contribution in [0.4, 0.5) is 0 Å². The van der Waals surface area contributed by atoms with Gasteiger partial charge in [0.15, 0.2) is 9.84 Å². The average molecular weight is 260 g/mol. The number of rotatable bonds is 2. The summed E-state index contributed by atoms with van der Waals surface area (Å²) in [5.74, 6) is 1.97. The van der Waals surface area contributed by atoms with Crippen molar-refractivity contribution >= 4 is 9.84 Å². The van der Waals surface area contributed by atoms with Gasteiger partial charge in [-0.1, -0.05) is 6.92 Å². The Kier molecular flexibility index (Phi) is 4.10. The summed E-state index contributed by atoms with van der Waals surface area (Å²) in [4.78, 5) is 2.28. The average Bonchev–Trinajstić information content (AvgIpc) is 2.26. The van der Waals surface area contributed by atoms with E-state index in [4.69, 9.17) is 5.73 Å². The van der Waals surface area contributed by atoms with Crippen molar-refractivity contribution in [1.29, 1.82) is 0 Å². The Morgan fingerprint density at radius 1 is 1.24 bits per heavy atom. The van der Waals surface area contributed by atoms with Crippen LogP contribution in [0.1, 0.15) is 26.2 Å². The van der Waals surface area contributed by atoms with Gasteiger partial charge in [0.25, 0.3) is 0 Å². The summed E-state index contributed by atoms with van der Waals surface area (Å²) in [5, 5.41) is 0. The largest absolute Gasteiger partial charge is 0.327 e. The predicted octanol–water partition coefficient (Wildman–Crippen LogP) is 0.480. The van der Waals surface area contributed by atoms with E-state index in [9.17, 15) is 8.42 Å². The van der Waals surface area contributed by atoms with Crippen molar-refractivity contribution in [2.24, 2.45) is 17.6 Å². The van der Waals surface area contributed by atoms with Crippen LogP contribution in [0, 0.1) is 11.8 Å². The molecular formula is C12H24N2O2S. The summed E-state index contributed by atoms with van der Waals surface area (Å²) >= 11 is 0. The molecule has 1 heterocycles. The van der Waals surface area contributed by atoms with Gasteiger partial charge in [-0.15, -0.1) is 0 Å². The molecule has 5 heteroatoms. The zero-order chi connectivity index (χ0) is 12.5. The molecule has 100 valence electrons. The van der Waals surface area contributed by atoms with Crippen molar-refractivity contribution in [2.45, 2.75) is 32.2 Å². The van der Waals surface area contributed by atoms with E-state index < -0.39 is 9.84 Å². The minimum Gasteiger partial charge on any atom is -0.327 e. The van der Waals surface area contributed by atoms with E-state index >= 15 is 0 Å². The Balaban J connectivity index is 1.84. The van der Waals surface area contributed by atoms with Crippen molar-refractivity contribution in [3.8, 4) is 0 Å². The van der Waals surface area contributed by atoms with Crippen LogP contribution in [0.3, 0.4) is 0 Å². The third-order valence-electron chi connectivity index (χ3n) is 4.23. The molecule has 0 aromatic carbocycles. The molecular weight excluding hydrogens is 236 g/mol. The molecule has 0 radical (unpaired) electrons. The summed E-state index contributed by atoms with van der Waals surface area (Å²) < 4.78 is 22.7. The molecule has 1 aliphatic carbocycles. The molecule has 1 aliphatic heterocycles. The molecule has 0 bridgehead atoms. The standard InChI is InChI=1S/C12H24N2O2S/c1-10-2-3-12(13)11(8-10)9-14-4-6-17(15,16)7-5-14/h10-12H,2-9,13H2,1H3. The lowest BCUT2D eigenvalue weighted by atomic mass is 9.79. The molecule has 2 rings (SSSR count). The highest BCUT2D eigenvalue weighted by Gasteiger charge is 2.29. The molecule has 1 saturated carbocycles. The van der Waals surface area contributed by atoms with Crippen LogP contribution >= 0.6 is 0 Å². The van der Waals surface area contributed by atoms with Crippen LogP contribution in [0.15, 0.2) is 0 Å². The van der Waals surface area contributed by atoms with Crippen LogP contribution in [0.25, 0.3) is 0 Å². The molecule has 3 atom stereocenters. The van der Waals surface area contributed by atoms with E-state index in [1.54, 1.807) is 0 Å². The van der Waals surface area contributed by atoms with Gasteiger partial charge in [0.2, 0.25) is 0 Å². The molecule has 0 spiro atoms. The summed E-state index contributed by atoms with van der Waals surface area (Å²) in [5.41, 5.74) is 6.17. The van der Waals surface area contributed by atoms with E-state index in [1.807, 2.05) is 0 Å². The summed E-state index contributed by atoms with van der Waals surface area (Å²) in [6.45, 7) is 4.67. The summed E-state index contributed by atoms with van der Waals surface area (Å²) in [6, 6.07) is 0.310. The fourth-order valence-electron chi connectivity index (χ4n) is 3.00. The first kappa shape index (κ1) is 13.3. The quantitative estimate of drug-likeness (QED) is 0.784. The molecule has 2 aliphatic rings. The normalized spacial score (nSPS) is 39.1. The second-order valence-electron chi connectivity index (χ2n) is 5.79. The van der Waals surface area contributed by atoms with Gasteiger partial charge in [-0.25, -0.2) is 8.42 Å². The van der Waals surface area contributed by atoms with E-state index in [0.717, 1.165) is 18.9 Å². The lowest BCUT2D eigenvalue weighted by molar-refractivity contribution is 0.168. The molecule has 0 amide bonds. The fourth-order valence-corrected chi connectivity index (χ4v) is 4.27. The second kappa shape index (κ2) is 5.24. The lowest BCUT2D eigenvalue weighted by Crippen LogP contribution is -2.47. The SMILES string of the molecule is CC1CCC(N)C(CN2CCS(=O)(=O)CC2)C1. The number of hydrogen-bond donors (Lipinski definition) is 1. The lowest BCUT2D eigenvalue weighted by Gasteiger charge is -2.37. The Morgan fingerprint density at radius 3 is 2.53 bits per heavy atom. The highest BCUT2D eigenvalue weighted by Crippen LogP contribution is 2.28. The molecule has 1 saturated heterocycles. The number of hydrogen-bond acceptors (Lipinski definition) is 4. The number of nitrogens with zero attached hydrogens (tertiary/aromatic N) is 1. The van der Waals surface area contributed by atoms with Crippen molar-refractivity contribution in [1.82, 2.24) is 4.90 Å². The molecule has 0 aromatic heterocycles. The second-order valence-corrected chi connectivity index (χ2v) is 8.10. The van der Waals surface area contributed by atoms with Crippen LogP contribution in [-0.4, -0.2) is 50.5 Å². The Labute approximate surface area is 104 Å². The van der Waals surface area contributed by atoms with Crippen LogP contribution in [-0.2, 0) is 9.84 Å². The van der Waals surface area contributed by atoms with Crippen molar-refractivity contribution in [3.05, 3.63) is 0 Å². The minimum absolute atomic E-state index is 0.310. The van der Waals surface area contributed by atoms with Gasteiger partial charge in [-0.05, 0) is 31.1 Å². The predicted molar refractivity (Wildman–Crippen MR) is 69.6 cm³/mol. The van der Waals surface area contributed by atoms with Gasteiger partial charge in [-0.3, -0.25) is 0 Å². The Morgan fingerprint density at radius 2 is 1.88 bits per heavy atom. The van der Waals surface area contributed by atoms with Gasteiger partial charge >= 0.3 is 0 Å². The third kappa shape index (κ3) is 3.66. The van der Waals surface area contributed by atoms with Crippen molar-refractivity contribution in [3.63, 3.8) is 0 Å². The molecule has 2 fully saturated rings. The van der Waals surface area contributed by atoms with Gasteiger partial charge in [0.1, 0.15) is 0 Å². The van der Waals surface area contributed by atoms with Crippen LogP contribution in [0.2, 0.25) is 0 Å². The topological polar surface area (TPSA) is 63.4 Å². The fraction of sp³-hybridized carbons (Fsp3) is 1.00. The van der Waals surface area contributed by atoms with Gasteiger partial charge in [0, 0.05) is 25.7 Å². The van der Waals surface area contributed by atoms with Crippen LogP contribution < -0.4 is 5.73 Å². The summed E-state index contributed by atoms with van der Waals surface area (Å²) in [7, 11) is -2.75. The maximum Gasteiger partial charge on any atom is 0.152 e. The highest BCUT2D eigenvalue weighted by atomic mass is 32.2. The number of nitrogens with two attached hydrogens (primary N) is 1. The Hall–Kier alpha value is -0.130. The Bertz CT molecular complexity index is 342. The molecule has 0 aromatic rings. The number of sulfone groups is 1. The van der Waals surface area contributed by atoms with Gasteiger partial charge in [0.05, 0.1) is 11.5 Å². The van der Waals surface area contributed by atoms with E-state index in [2.05, 4.69) is 11.8 Å². The first-order chi connectivity index (χ1) is 7.96. The first-order valence-electron chi connectivity index (χ1n) is 6.64. The van der Waals surface area contributed by atoms with Crippen molar-refractivity contribution in [2.75, 3.05) is 31.1 Å². The maximum absolute atomic E-state index is 11.4. The maximum atomic E-state index is 11.4. The van der Waals surface area contributed by atoms with Gasteiger partial charge in [-0.2, -0.15) is 0 Å². The molecule has 3 unspecified atom stereocenters.